The van der Waals surface area contributed by atoms with Gasteiger partial charge in [-0.15, -0.1) is 0 Å². The Labute approximate surface area is 198 Å². The van der Waals surface area contributed by atoms with Crippen molar-refractivity contribution < 1.29 is 15.0 Å². The van der Waals surface area contributed by atoms with Crippen molar-refractivity contribution in [2.24, 2.45) is 0 Å². The molecule has 0 radical (unpaired) electrons. The van der Waals surface area contributed by atoms with Gasteiger partial charge < -0.3 is 14.8 Å². The lowest BCUT2D eigenvalue weighted by molar-refractivity contribution is -0.111. The van der Waals surface area contributed by atoms with E-state index in [2.05, 4.69) is 6.58 Å². The third-order valence-corrected chi connectivity index (χ3v) is 6.47. The maximum Gasteiger partial charge on any atom is 0.201 e. The number of para-hydroxylation sites is 1. The van der Waals surface area contributed by atoms with E-state index in [1.807, 2.05) is 79.9 Å². The number of hydrogen-bond acceptors (Lipinski definition) is 3. The summed E-state index contributed by atoms with van der Waals surface area (Å²) in [4.78, 5) is 13.6. The SMILES string of the molecule is C=C(C)/C(=C1\C(=O)C(c2c(C)n(-c3cccc(O)c3)c3ccccc23)=C1O)c1ccccc1C. The van der Waals surface area contributed by atoms with Gasteiger partial charge in [0.05, 0.1) is 16.7 Å². The van der Waals surface area contributed by atoms with Gasteiger partial charge in [0.1, 0.15) is 11.5 Å². The van der Waals surface area contributed by atoms with Crippen molar-refractivity contribution in [3.63, 3.8) is 0 Å². The standard InChI is InChI=1S/C30H25NO3/c1-17(2)25(22-13-6-5-10-18(22)3)27-29(33)28(30(27)34)26-19(4)31(20-11-9-12-21(32)16-20)24-15-8-7-14-23(24)26/h5-16,32-33H,1H2,2-4H3/b27-25+. The number of phenols is 1. The van der Waals surface area contributed by atoms with Crippen LogP contribution in [0.4, 0.5) is 0 Å². The van der Waals surface area contributed by atoms with E-state index in [-0.39, 0.29) is 17.3 Å². The van der Waals surface area contributed by atoms with Crippen molar-refractivity contribution in [2.45, 2.75) is 20.8 Å². The molecule has 0 amide bonds. The molecule has 0 saturated heterocycles. The van der Waals surface area contributed by atoms with Gasteiger partial charge in [-0.05, 0) is 61.2 Å². The third-order valence-electron chi connectivity index (χ3n) is 6.47. The molecular weight excluding hydrogens is 422 g/mol. The van der Waals surface area contributed by atoms with Crippen molar-refractivity contribution >= 4 is 27.8 Å². The molecule has 0 fully saturated rings. The topological polar surface area (TPSA) is 62.5 Å². The fourth-order valence-electron chi connectivity index (χ4n) is 4.95. The summed E-state index contributed by atoms with van der Waals surface area (Å²) in [7, 11) is 0. The van der Waals surface area contributed by atoms with E-state index >= 15 is 0 Å². The highest BCUT2D eigenvalue weighted by Gasteiger charge is 2.40. The summed E-state index contributed by atoms with van der Waals surface area (Å²) in [6.45, 7) is 9.85. The minimum Gasteiger partial charge on any atom is -0.508 e. The molecule has 4 aromatic rings. The lowest BCUT2D eigenvalue weighted by atomic mass is 9.76. The van der Waals surface area contributed by atoms with Gasteiger partial charge in [-0.3, -0.25) is 4.79 Å². The Hall–Kier alpha value is -4.31. The summed E-state index contributed by atoms with van der Waals surface area (Å²) < 4.78 is 2.00. The van der Waals surface area contributed by atoms with E-state index in [1.54, 1.807) is 18.2 Å². The van der Waals surface area contributed by atoms with E-state index in [9.17, 15) is 15.0 Å². The van der Waals surface area contributed by atoms with Gasteiger partial charge in [0.15, 0.2) is 0 Å². The van der Waals surface area contributed by atoms with Crippen LogP contribution in [0.1, 0.15) is 29.3 Å². The number of nitrogens with zero attached hydrogens (tertiary/aromatic N) is 1. The Morgan fingerprint density at radius 2 is 1.62 bits per heavy atom. The first kappa shape index (κ1) is 21.5. The lowest BCUT2D eigenvalue weighted by Crippen LogP contribution is -2.23. The number of benzene rings is 3. The van der Waals surface area contributed by atoms with Crippen LogP contribution in [0.5, 0.6) is 5.75 Å². The number of aromatic nitrogens is 1. The second kappa shape index (κ2) is 7.92. The average Bonchev–Trinajstić information content (AvgIpc) is 3.09. The first-order chi connectivity index (χ1) is 16.3. The summed E-state index contributed by atoms with van der Waals surface area (Å²) in [5.41, 5.74) is 7.13. The highest BCUT2D eigenvalue weighted by Crippen LogP contribution is 2.46. The summed E-state index contributed by atoms with van der Waals surface area (Å²) in [6.07, 6.45) is 0. The zero-order valence-corrected chi connectivity index (χ0v) is 19.4. The van der Waals surface area contributed by atoms with Gasteiger partial charge in [0.25, 0.3) is 0 Å². The normalized spacial score (nSPS) is 15.0. The largest absolute Gasteiger partial charge is 0.508 e. The zero-order chi connectivity index (χ0) is 24.1. The number of aliphatic hydroxyl groups is 1. The van der Waals surface area contributed by atoms with Gasteiger partial charge in [-0.1, -0.05) is 55.1 Å². The Bertz CT molecular complexity index is 1580. The molecule has 0 spiro atoms. The Morgan fingerprint density at radius 1 is 0.912 bits per heavy atom. The monoisotopic (exact) mass is 447 g/mol. The summed E-state index contributed by atoms with van der Waals surface area (Å²) >= 11 is 0. The molecule has 0 saturated carbocycles. The molecule has 34 heavy (non-hydrogen) atoms. The molecule has 2 N–H and O–H groups in total. The third kappa shape index (κ3) is 3.11. The molecule has 1 heterocycles. The maximum absolute atomic E-state index is 13.6. The second-order valence-corrected chi connectivity index (χ2v) is 8.73. The smallest absolute Gasteiger partial charge is 0.201 e. The number of hydrogen-bond donors (Lipinski definition) is 2. The number of allylic oxidation sites excluding steroid dienone is 4. The van der Waals surface area contributed by atoms with E-state index in [0.717, 1.165) is 39.0 Å². The van der Waals surface area contributed by atoms with Crippen LogP contribution in [0.2, 0.25) is 0 Å². The molecule has 0 aliphatic heterocycles. The number of carbonyl (C=O) groups excluding carboxylic acids is 1. The number of ketones is 1. The van der Waals surface area contributed by atoms with Crippen LogP contribution >= 0.6 is 0 Å². The lowest BCUT2D eigenvalue weighted by Gasteiger charge is -2.26. The van der Waals surface area contributed by atoms with Crippen molar-refractivity contribution in [2.75, 3.05) is 0 Å². The highest BCUT2D eigenvalue weighted by atomic mass is 16.3. The number of rotatable bonds is 4. The molecule has 4 nitrogen and oxygen atoms in total. The average molecular weight is 448 g/mol. The number of fused-ring (bicyclic) bond motifs is 1. The van der Waals surface area contributed by atoms with Crippen LogP contribution in [0, 0.1) is 13.8 Å². The van der Waals surface area contributed by atoms with Crippen LogP contribution in [0.3, 0.4) is 0 Å². The summed E-state index contributed by atoms with van der Waals surface area (Å²) in [5, 5.41) is 22.2. The number of phenolic OH excluding ortho intramolecular Hbond substituents is 1. The van der Waals surface area contributed by atoms with Crippen molar-refractivity contribution in [3.05, 3.63) is 119 Å². The molecular formula is C30H25NO3. The molecule has 4 heteroatoms. The molecule has 5 rings (SSSR count). The van der Waals surface area contributed by atoms with E-state index < -0.39 is 0 Å². The molecule has 0 bridgehead atoms. The number of Topliss-reactive ketones (excluding diaryl/α,β-unsaturated/α-hetero) is 1. The molecule has 3 aromatic carbocycles. The predicted octanol–water partition coefficient (Wildman–Crippen LogP) is 6.83. The van der Waals surface area contributed by atoms with E-state index in [1.165, 1.54) is 0 Å². The zero-order valence-electron chi connectivity index (χ0n) is 19.4. The van der Waals surface area contributed by atoms with Gasteiger partial charge in [-0.2, -0.15) is 0 Å². The quantitative estimate of drug-likeness (QED) is 0.337. The minimum atomic E-state index is -0.194. The first-order valence-corrected chi connectivity index (χ1v) is 11.2. The fraction of sp³-hybridized carbons (Fsp3) is 0.100. The summed E-state index contributed by atoms with van der Waals surface area (Å²) in [5.74, 6) is -0.0404. The van der Waals surface area contributed by atoms with Crippen LogP contribution in [0.25, 0.3) is 27.7 Å². The number of aryl methyl sites for hydroxylation is 1. The predicted molar refractivity (Wildman–Crippen MR) is 137 cm³/mol. The Balaban J connectivity index is 1.79. The molecule has 0 unspecified atom stereocenters. The van der Waals surface area contributed by atoms with Crippen LogP contribution in [0.15, 0.2) is 96.3 Å². The van der Waals surface area contributed by atoms with Crippen LogP contribution in [-0.4, -0.2) is 20.6 Å². The van der Waals surface area contributed by atoms with Gasteiger partial charge >= 0.3 is 0 Å². The fourth-order valence-corrected chi connectivity index (χ4v) is 4.95. The van der Waals surface area contributed by atoms with E-state index in [4.69, 9.17) is 0 Å². The molecule has 1 aromatic heterocycles. The molecule has 0 atom stereocenters. The van der Waals surface area contributed by atoms with Crippen LogP contribution in [-0.2, 0) is 4.79 Å². The Kier molecular flexibility index (Phi) is 5.02. The van der Waals surface area contributed by atoms with Crippen LogP contribution < -0.4 is 0 Å². The van der Waals surface area contributed by atoms with Gasteiger partial charge in [0, 0.05) is 28.4 Å². The van der Waals surface area contributed by atoms with Gasteiger partial charge in [-0.25, -0.2) is 0 Å². The van der Waals surface area contributed by atoms with Crippen molar-refractivity contribution in [1.82, 2.24) is 4.57 Å². The van der Waals surface area contributed by atoms with E-state index in [0.29, 0.717) is 22.3 Å². The van der Waals surface area contributed by atoms with Gasteiger partial charge in [0.2, 0.25) is 5.78 Å². The molecule has 168 valence electrons. The Morgan fingerprint density at radius 3 is 2.29 bits per heavy atom. The number of aliphatic hydroxyl groups excluding tert-OH is 1. The summed E-state index contributed by atoms with van der Waals surface area (Å²) in [6, 6.07) is 22.6. The first-order valence-electron chi connectivity index (χ1n) is 11.2. The molecule has 1 aliphatic carbocycles. The minimum absolute atomic E-state index is 0.00633. The second-order valence-electron chi connectivity index (χ2n) is 8.73. The maximum atomic E-state index is 13.6. The highest BCUT2D eigenvalue weighted by molar-refractivity contribution is 6.43. The number of aromatic hydroxyl groups is 1. The number of carbonyl (C=O) groups is 1. The molecule has 1 aliphatic rings. The van der Waals surface area contributed by atoms with Crippen molar-refractivity contribution in [3.8, 4) is 11.4 Å². The van der Waals surface area contributed by atoms with Crippen molar-refractivity contribution in [1.29, 1.82) is 0 Å².